The van der Waals surface area contributed by atoms with E-state index >= 15 is 0 Å². The van der Waals surface area contributed by atoms with Gasteiger partial charge in [-0.3, -0.25) is 9.59 Å². The fraction of sp³-hybridized carbons (Fsp3) is 0.533. The molecule has 46 heavy (non-hydrogen) atoms. The fourth-order valence-corrected chi connectivity index (χ4v) is 10.2. The molecule has 0 aromatic heterocycles. The number of carbonyl (C=O) groups excluding carboxylic acids is 1. The van der Waals surface area contributed by atoms with Gasteiger partial charge < -0.3 is 19.8 Å². The standard InChI is InChI=1S/C30H28F7NO7S/c31-18-2-4-19(5-3-18)46(43,44)27-13-14-38(23(39)25-7-10-26(11-8-25,12-9-25)24(40)41)22(27)16-45-21-15-17(1-6-20(21)27)28(42,29(32,33)34)30(35,36)37/h1-6,15,22,42H,7-14,16H2,(H,40,41). The number of carboxylic acids is 1. The number of likely N-dealkylation sites (tertiary alicyclic amines) is 1. The summed E-state index contributed by atoms with van der Waals surface area (Å²) in [5, 5.41) is 19.8. The van der Waals surface area contributed by atoms with Crippen molar-refractivity contribution in [1.82, 2.24) is 4.90 Å². The number of hydrogen-bond acceptors (Lipinski definition) is 6. The van der Waals surface area contributed by atoms with Crippen LogP contribution in [0.25, 0.3) is 0 Å². The van der Waals surface area contributed by atoms with Gasteiger partial charge in [-0.2, -0.15) is 26.3 Å². The Morgan fingerprint density at radius 1 is 0.848 bits per heavy atom. The van der Waals surface area contributed by atoms with Gasteiger partial charge in [-0.25, -0.2) is 12.8 Å². The maximum atomic E-state index is 14.5. The van der Waals surface area contributed by atoms with Gasteiger partial charge in [0, 0.05) is 23.1 Å². The molecule has 1 amide bonds. The number of rotatable bonds is 5. The summed E-state index contributed by atoms with van der Waals surface area (Å²) >= 11 is 0. The lowest BCUT2D eigenvalue weighted by atomic mass is 9.53. The molecule has 250 valence electrons. The quantitative estimate of drug-likeness (QED) is 0.328. The number of fused-ring (bicyclic) bond motifs is 6. The number of aliphatic carboxylic acids is 1. The zero-order valence-corrected chi connectivity index (χ0v) is 24.7. The zero-order chi connectivity index (χ0) is 33.7. The van der Waals surface area contributed by atoms with Crippen molar-refractivity contribution in [1.29, 1.82) is 0 Å². The topological polar surface area (TPSA) is 121 Å². The summed E-state index contributed by atoms with van der Waals surface area (Å²) in [4.78, 5) is 27.1. The Kier molecular flexibility index (Phi) is 7.11. The van der Waals surface area contributed by atoms with E-state index in [0.29, 0.717) is 12.1 Å². The highest BCUT2D eigenvalue weighted by Gasteiger charge is 2.72. The molecule has 0 radical (unpaired) electrons. The summed E-state index contributed by atoms with van der Waals surface area (Å²) < 4.78 is 128. The normalized spacial score (nSPS) is 29.6. The molecule has 3 saturated carbocycles. The number of alkyl halides is 6. The van der Waals surface area contributed by atoms with Crippen molar-refractivity contribution in [2.75, 3.05) is 13.2 Å². The first-order valence-electron chi connectivity index (χ1n) is 14.4. The van der Waals surface area contributed by atoms with Crippen LogP contribution in [-0.2, 0) is 29.8 Å². The smallest absolute Gasteiger partial charge is 0.430 e. The first kappa shape index (κ1) is 32.5. The molecule has 2 aliphatic heterocycles. The molecule has 8 nitrogen and oxygen atoms in total. The molecule has 2 unspecified atom stereocenters. The predicted octanol–water partition coefficient (Wildman–Crippen LogP) is 5.23. The number of carbonyl (C=O) groups is 2. The molecule has 2 heterocycles. The fourth-order valence-electron chi connectivity index (χ4n) is 7.93. The molecule has 5 aliphatic rings. The number of ether oxygens (including phenoxy) is 1. The van der Waals surface area contributed by atoms with Crippen molar-refractivity contribution in [2.24, 2.45) is 10.8 Å². The molecule has 2 bridgehead atoms. The summed E-state index contributed by atoms with van der Waals surface area (Å²) in [6.45, 7) is -0.802. The van der Waals surface area contributed by atoms with Crippen molar-refractivity contribution < 1.29 is 63.7 Å². The van der Waals surface area contributed by atoms with Crippen LogP contribution >= 0.6 is 0 Å². The molecule has 2 atom stereocenters. The molecule has 2 aromatic carbocycles. The SMILES string of the molecule is O=C(O)C12CCC(C(=O)N3CCC4(S(=O)(=O)c5ccc(F)cc5)c5ccc(C(O)(C(F)(F)F)C(F)(F)F)cc5OCC34)(CC1)CC2. The van der Waals surface area contributed by atoms with Crippen molar-refractivity contribution in [3.8, 4) is 5.75 Å². The van der Waals surface area contributed by atoms with E-state index in [1.807, 2.05) is 0 Å². The Hall–Kier alpha value is -3.40. The zero-order valence-electron chi connectivity index (χ0n) is 23.9. The molecule has 0 spiro atoms. The van der Waals surface area contributed by atoms with E-state index < -0.39 is 89.9 Å². The van der Waals surface area contributed by atoms with E-state index in [1.54, 1.807) is 0 Å². The summed E-state index contributed by atoms with van der Waals surface area (Å²) in [6, 6.07) is 3.80. The second-order valence-corrected chi connectivity index (χ2v) is 14.9. The number of amides is 1. The number of halogens is 7. The van der Waals surface area contributed by atoms with Crippen LogP contribution in [-0.4, -0.2) is 67.0 Å². The van der Waals surface area contributed by atoms with Crippen LogP contribution in [0, 0.1) is 16.6 Å². The molecular weight excluding hydrogens is 651 g/mol. The van der Waals surface area contributed by atoms with Gasteiger partial charge in [0.2, 0.25) is 5.91 Å². The number of benzene rings is 2. The Morgan fingerprint density at radius 3 is 1.91 bits per heavy atom. The van der Waals surface area contributed by atoms with E-state index in [1.165, 1.54) is 4.90 Å². The summed E-state index contributed by atoms with van der Waals surface area (Å²) in [6.07, 6.45) is -11.3. The van der Waals surface area contributed by atoms with Crippen LogP contribution < -0.4 is 4.74 Å². The lowest BCUT2D eigenvalue weighted by Crippen LogP contribution is -2.59. The summed E-state index contributed by atoms with van der Waals surface area (Å²) in [5.74, 6) is -2.80. The molecule has 16 heteroatoms. The van der Waals surface area contributed by atoms with Gasteiger partial charge in [-0.15, -0.1) is 0 Å². The molecule has 1 saturated heterocycles. The first-order valence-corrected chi connectivity index (χ1v) is 15.9. The van der Waals surface area contributed by atoms with Crippen LogP contribution in [0.1, 0.15) is 56.1 Å². The minimum atomic E-state index is -6.21. The van der Waals surface area contributed by atoms with E-state index in [-0.39, 0.29) is 57.1 Å². The van der Waals surface area contributed by atoms with Gasteiger partial charge in [0.25, 0.3) is 5.60 Å². The van der Waals surface area contributed by atoms with Crippen molar-refractivity contribution >= 4 is 21.7 Å². The monoisotopic (exact) mass is 679 g/mol. The highest BCUT2D eigenvalue weighted by molar-refractivity contribution is 7.92. The maximum Gasteiger partial charge on any atom is 0.430 e. The second kappa shape index (κ2) is 10.1. The lowest BCUT2D eigenvalue weighted by molar-refractivity contribution is -0.376. The Labute approximate surface area is 258 Å². The van der Waals surface area contributed by atoms with Crippen LogP contribution in [0.4, 0.5) is 30.7 Å². The molecule has 2 N–H and O–H groups in total. The maximum absolute atomic E-state index is 14.5. The average molecular weight is 680 g/mol. The van der Waals surface area contributed by atoms with Crippen LogP contribution in [0.2, 0.25) is 0 Å². The molecule has 7 rings (SSSR count). The summed E-state index contributed by atoms with van der Waals surface area (Å²) in [5.41, 5.74) is -9.18. The van der Waals surface area contributed by atoms with Gasteiger partial charge in [0.05, 0.1) is 16.4 Å². The van der Waals surface area contributed by atoms with Gasteiger partial charge in [0.15, 0.2) is 9.84 Å². The number of nitrogens with zero attached hydrogens (tertiary/aromatic N) is 1. The average Bonchev–Trinajstić information content (AvgIpc) is 3.41. The van der Waals surface area contributed by atoms with Gasteiger partial charge in [-0.05, 0) is 75.3 Å². The third kappa shape index (κ3) is 4.24. The Balaban J connectivity index is 1.47. The van der Waals surface area contributed by atoms with Gasteiger partial charge >= 0.3 is 18.3 Å². The van der Waals surface area contributed by atoms with Crippen LogP contribution in [0.3, 0.4) is 0 Å². The van der Waals surface area contributed by atoms with E-state index in [4.69, 9.17) is 4.74 Å². The second-order valence-electron chi connectivity index (χ2n) is 12.7. The van der Waals surface area contributed by atoms with Crippen LogP contribution in [0.5, 0.6) is 5.75 Å². The third-order valence-electron chi connectivity index (χ3n) is 10.7. The van der Waals surface area contributed by atoms with E-state index in [2.05, 4.69) is 0 Å². The summed E-state index contributed by atoms with van der Waals surface area (Å²) in [7, 11) is -4.66. The molecule has 3 aliphatic carbocycles. The number of carboxylic acid groups (broad SMARTS) is 1. The van der Waals surface area contributed by atoms with E-state index in [9.17, 15) is 59.0 Å². The lowest BCUT2D eigenvalue weighted by Gasteiger charge is -2.52. The van der Waals surface area contributed by atoms with Crippen molar-refractivity contribution in [3.05, 3.63) is 59.4 Å². The molecule has 4 fully saturated rings. The Bertz CT molecular complexity index is 1670. The number of aliphatic hydroxyl groups is 1. The highest BCUT2D eigenvalue weighted by Crippen LogP contribution is 2.60. The highest BCUT2D eigenvalue weighted by atomic mass is 32.2. The third-order valence-corrected chi connectivity index (χ3v) is 13.3. The predicted molar refractivity (Wildman–Crippen MR) is 144 cm³/mol. The van der Waals surface area contributed by atoms with Gasteiger partial charge in [0.1, 0.15) is 22.9 Å². The van der Waals surface area contributed by atoms with Crippen LogP contribution in [0.15, 0.2) is 47.4 Å². The minimum absolute atomic E-state index is 0.171. The minimum Gasteiger partial charge on any atom is -0.491 e. The first-order chi connectivity index (χ1) is 21.3. The van der Waals surface area contributed by atoms with Crippen molar-refractivity contribution in [3.63, 3.8) is 0 Å². The molecular formula is C30H28F7NO7S. The van der Waals surface area contributed by atoms with Gasteiger partial charge in [-0.1, -0.05) is 12.1 Å². The van der Waals surface area contributed by atoms with Crippen molar-refractivity contribution in [2.45, 2.75) is 78.6 Å². The largest absolute Gasteiger partial charge is 0.491 e. The number of hydrogen-bond donors (Lipinski definition) is 2. The number of sulfone groups is 1. The Morgan fingerprint density at radius 2 is 1.39 bits per heavy atom. The van der Waals surface area contributed by atoms with E-state index in [0.717, 1.165) is 30.3 Å². The molecule has 2 aromatic rings.